The molecule has 2 aliphatic rings. The van der Waals surface area contributed by atoms with Gasteiger partial charge in [-0.1, -0.05) is 0 Å². The number of allylic oxidation sites excluding steroid dienone is 2. The highest BCUT2D eigenvalue weighted by Crippen LogP contribution is 2.20. The number of ether oxygens (including phenoxy) is 1. The smallest absolute Gasteiger partial charge is 0.190 e. The predicted octanol–water partition coefficient (Wildman–Crippen LogP) is 0.470. The van der Waals surface area contributed by atoms with Crippen molar-refractivity contribution in [2.75, 3.05) is 6.61 Å². The number of hydrogen-bond donors (Lipinski definition) is 1. The third-order valence-electron chi connectivity index (χ3n) is 1.60. The Hall–Kier alpha value is -1.51. The average molecular weight is 149 g/mol. The van der Waals surface area contributed by atoms with Crippen LogP contribution in [0.5, 0.6) is 0 Å². The van der Waals surface area contributed by atoms with Crippen LogP contribution in [0.15, 0.2) is 35.9 Å². The fraction of sp³-hybridized carbons (Fsp3) is 0.125. The van der Waals surface area contributed by atoms with Crippen LogP contribution >= 0.6 is 0 Å². The van der Waals surface area contributed by atoms with Crippen molar-refractivity contribution < 1.29 is 9.53 Å². The summed E-state index contributed by atoms with van der Waals surface area (Å²) in [5.41, 5.74) is 0.659. The topological polar surface area (TPSA) is 38.3 Å². The summed E-state index contributed by atoms with van der Waals surface area (Å²) in [4.78, 5) is 11.2. The van der Waals surface area contributed by atoms with E-state index in [1.807, 2.05) is 0 Å². The molecule has 2 aliphatic heterocycles. The zero-order valence-electron chi connectivity index (χ0n) is 5.83. The van der Waals surface area contributed by atoms with Crippen molar-refractivity contribution in [3.8, 4) is 0 Å². The van der Waals surface area contributed by atoms with Crippen LogP contribution in [0.4, 0.5) is 0 Å². The second-order valence-corrected chi connectivity index (χ2v) is 2.30. The monoisotopic (exact) mass is 149 g/mol. The minimum atomic E-state index is -0.00116. The quantitative estimate of drug-likeness (QED) is 0.544. The Bertz CT molecular complexity index is 286. The van der Waals surface area contributed by atoms with Crippen LogP contribution in [0, 0.1) is 0 Å². The minimum Gasteiger partial charge on any atom is -0.487 e. The van der Waals surface area contributed by atoms with Gasteiger partial charge in [0.25, 0.3) is 0 Å². The first-order valence-electron chi connectivity index (χ1n) is 3.38. The van der Waals surface area contributed by atoms with Crippen molar-refractivity contribution >= 4 is 5.78 Å². The van der Waals surface area contributed by atoms with Crippen molar-refractivity contribution in [3.63, 3.8) is 0 Å². The molecule has 0 aromatic rings. The summed E-state index contributed by atoms with van der Waals surface area (Å²) < 4.78 is 5.15. The zero-order chi connectivity index (χ0) is 7.68. The van der Waals surface area contributed by atoms with Crippen LogP contribution in [0.25, 0.3) is 0 Å². The molecule has 0 aromatic carbocycles. The molecule has 0 fully saturated rings. The van der Waals surface area contributed by atoms with Crippen LogP contribution in [0.2, 0.25) is 0 Å². The van der Waals surface area contributed by atoms with Gasteiger partial charge in [0, 0.05) is 18.5 Å². The molecule has 0 radical (unpaired) electrons. The second kappa shape index (κ2) is 2.27. The second-order valence-electron chi connectivity index (χ2n) is 2.30. The third-order valence-corrected chi connectivity index (χ3v) is 1.60. The molecule has 2 heterocycles. The van der Waals surface area contributed by atoms with Crippen LogP contribution < -0.4 is 5.32 Å². The molecule has 0 saturated carbocycles. The van der Waals surface area contributed by atoms with E-state index < -0.39 is 0 Å². The minimum absolute atomic E-state index is 0.00116. The van der Waals surface area contributed by atoms with Crippen molar-refractivity contribution in [1.82, 2.24) is 5.32 Å². The maximum atomic E-state index is 11.2. The van der Waals surface area contributed by atoms with Crippen LogP contribution in [0.3, 0.4) is 0 Å². The van der Waals surface area contributed by atoms with E-state index in [1.54, 1.807) is 18.5 Å². The first-order chi connectivity index (χ1) is 5.38. The first kappa shape index (κ1) is 6.22. The molecule has 0 saturated heterocycles. The maximum Gasteiger partial charge on any atom is 0.190 e. The Balaban J connectivity index is 2.42. The molecule has 0 amide bonds. The average Bonchev–Trinajstić information content (AvgIpc) is 2.40. The van der Waals surface area contributed by atoms with E-state index in [2.05, 4.69) is 5.32 Å². The summed E-state index contributed by atoms with van der Waals surface area (Å²) >= 11 is 0. The van der Waals surface area contributed by atoms with Gasteiger partial charge in [-0.25, -0.2) is 0 Å². The van der Waals surface area contributed by atoms with E-state index >= 15 is 0 Å². The Morgan fingerprint density at radius 2 is 2.45 bits per heavy atom. The van der Waals surface area contributed by atoms with Gasteiger partial charge in [0.2, 0.25) is 0 Å². The van der Waals surface area contributed by atoms with E-state index in [4.69, 9.17) is 4.74 Å². The SMILES string of the molecule is O=C1C=CNC=C2OCC=C12. The van der Waals surface area contributed by atoms with Gasteiger partial charge in [-0.15, -0.1) is 0 Å². The van der Waals surface area contributed by atoms with Crippen molar-refractivity contribution in [2.45, 2.75) is 0 Å². The lowest BCUT2D eigenvalue weighted by Crippen LogP contribution is -1.97. The number of fused-ring (bicyclic) bond motifs is 1. The molecule has 56 valence electrons. The molecule has 0 spiro atoms. The molecule has 3 nitrogen and oxygen atoms in total. The maximum absolute atomic E-state index is 11.2. The van der Waals surface area contributed by atoms with Gasteiger partial charge in [-0.2, -0.15) is 0 Å². The lowest BCUT2D eigenvalue weighted by atomic mass is 10.1. The van der Waals surface area contributed by atoms with Crippen LogP contribution in [-0.2, 0) is 9.53 Å². The van der Waals surface area contributed by atoms with E-state index in [-0.39, 0.29) is 5.78 Å². The standard InChI is InChI=1S/C8H7NO2/c10-7-1-3-9-5-8-6(7)2-4-11-8/h1-3,5,9H,4H2. The molecular weight excluding hydrogens is 142 g/mol. The van der Waals surface area contributed by atoms with Crippen molar-refractivity contribution in [3.05, 3.63) is 35.9 Å². The van der Waals surface area contributed by atoms with E-state index in [9.17, 15) is 4.79 Å². The highest BCUT2D eigenvalue weighted by atomic mass is 16.5. The zero-order valence-corrected chi connectivity index (χ0v) is 5.83. The largest absolute Gasteiger partial charge is 0.487 e. The van der Waals surface area contributed by atoms with Crippen LogP contribution in [-0.4, -0.2) is 12.4 Å². The van der Waals surface area contributed by atoms with Gasteiger partial charge in [0.1, 0.15) is 12.4 Å². The summed E-state index contributed by atoms with van der Waals surface area (Å²) in [6, 6.07) is 0. The number of hydrogen-bond acceptors (Lipinski definition) is 3. The number of rotatable bonds is 0. The van der Waals surface area contributed by atoms with Gasteiger partial charge in [0.15, 0.2) is 5.78 Å². The number of carbonyl (C=O) groups excluding carboxylic acids is 1. The summed E-state index contributed by atoms with van der Waals surface area (Å²) in [7, 11) is 0. The van der Waals surface area contributed by atoms with Crippen molar-refractivity contribution in [1.29, 1.82) is 0 Å². The van der Waals surface area contributed by atoms with E-state index in [0.717, 1.165) is 0 Å². The molecule has 0 aliphatic carbocycles. The fourth-order valence-electron chi connectivity index (χ4n) is 1.07. The predicted molar refractivity (Wildman–Crippen MR) is 39.4 cm³/mol. The molecule has 0 aromatic heterocycles. The molecule has 0 unspecified atom stereocenters. The molecule has 2 rings (SSSR count). The van der Waals surface area contributed by atoms with Gasteiger partial charge in [-0.05, 0) is 6.08 Å². The summed E-state index contributed by atoms with van der Waals surface area (Å²) in [6.07, 6.45) is 6.55. The van der Waals surface area contributed by atoms with Gasteiger partial charge >= 0.3 is 0 Å². The van der Waals surface area contributed by atoms with Gasteiger partial charge in [-0.3, -0.25) is 4.79 Å². The summed E-state index contributed by atoms with van der Waals surface area (Å²) in [5.74, 6) is 0.638. The molecule has 3 heteroatoms. The van der Waals surface area contributed by atoms with Crippen molar-refractivity contribution in [2.24, 2.45) is 0 Å². The summed E-state index contributed by atoms with van der Waals surface area (Å²) in [5, 5.41) is 2.82. The Morgan fingerprint density at radius 1 is 1.55 bits per heavy atom. The first-order valence-corrected chi connectivity index (χ1v) is 3.38. The molecule has 11 heavy (non-hydrogen) atoms. The molecule has 0 atom stereocenters. The Morgan fingerprint density at radius 3 is 3.36 bits per heavy atom. The van der Waals surface area contributed by atoms with Gasteiger partial charge in [0.05, 0.1) is 5.57 Å². The van der Waals surface area contributed by atoms with Gasteiger partial charge < -0.3 is 10.1 Å². The normalized spacial score (nSPS) is 20.9. The lowest BCUT2D eigenvalue weighted by molar-refractivity contribution is -0.111. The Kier molecular flexibility index (Phi) is 1.28. The molecule has 1 N–H and O–H groups in total. The number of carbonyl (C=O) groups is 1. The highest BCUT2D eigenvalue weighted by Gasteiger charge is 2.19. The number of nitrogens with one attached hydrogen (secondary N) is 1. The molecule has 0 bridgehead atoms. The lowest BCUT2D eigenvalue weighted by Gasteiger charge is -1.98. The van der Waals surface area contributed by atoms with E-state index in [1.165, 1.54) is 6.08 Å². The molecular formula is C8H7NO2. The number of ketones is 1. The highest BCUT2D eigenvalue weighted by molar-refractivity contribution is 6.07. The van der Waals surface area contributed by atoms with E-state index in [0.29, 0.717) is 17.9 Å². The fourth-order valence-corrected chi connectivity index (χ4v) is 1.07. The Labute approximate surface area is 64.0 Å². The summed E-state index contributed by atoms with van der Waals surface area (Å²) in [6.45, 7) is 0.502. The van der Waals surface area contributed by atoms with Crippen LogP contribution in [0.1, 0.15) is 0 Å². The third kappa shape index (κ3) is 0.941.